The molecule has 0 radical (unpaired) electrons. The Balaban J connectivity index is 0.000000719. The van der Waals surface area contributed by atoms with Gasteiger partial charge in [-0.25, -0.2) is 0 Å². The average molecular weight is 1390 g/mol. The predicted octanol–water partition coefficient (Wildman–Crippen LogP) is 0.185. The molecule has 2 aliphatic rings. The molecule has 0 bridgehead atoms. The van der Waals surface area contributed by atoms with E-state index in [1.807, 2.05) is 48.5 Å². The van der Waals surface area contributed by atoms with Crippen molar-refractivity contribution in [2.45, 2.75) is 0 Å². The van der Waals surface area contributed by atoms with Crippen molar-refractivity contribution in [1.29, 1.82) is 0 Å². The molecule has 17 heteroatoms. The molecule has 2 aliphatic heterocycles. The van der Waals surface area contributed by atoms with Crippen molar-refractivity contribution >= 4 is 120 Å². The molecule has 0 saturated heterocycles. The molecular weight excluding hydrogens is 1350 g/mol. The number of rotatable bonds is 0. The Morgan fingerprint density at radius 3 is 0.667 bits per heavy atom. The molecule has 10 nitrogen and oxygen atoms in total. The van der Waals surface area contributed by atoms with E-state index in [4.69, 9.17) is 47.4 Å². The molecule has 0 saturated carbocycles. The number of fused-ring (bicyclic) bond motifs is 2. The van der Waals surface area contributed by atoms with Gasteiger partial charge in [-0.05, 0) is 24.3 Å². The topological polar surface area (TPSA) is 92.3 Å². The van der Waals surface area contributed by atoms with Crippen LogP contribution >= 0.6 is 74.5 Å². The first kappa shape index (κ1) is 48.3. The zero-order valence-electron chi connectivity index (χ0n) is 25.0. The van der Waals surface area contributed by atoms with Gasteiger partial charge in [0.25, 0.3) is 0 Å². The van der Waals surface area contributed by atoms with Gasteiger partial charge in [-0.3, -0.25) is 0 Å². The predicted molar refractivity (Wildman–Crippen MR) is 202 cm³/mol. The summed E-state index contributed by atoms with van der Waals surface area (Å²) in [5.74, 6) is 2.93. The molecule has 0 fully saturated rings. The molecule has 0 spiro atoms. The van der Waals surface area contributed by atoms with Gasteiger partial charge in [0.1, 0.15) is 26.4 Å². The number of hydrogen-bond donors (Lipinski definition) is 0. The molecule has 0 aromatic heterocycles. The van der Waals surface area contributed by atoms with Crippen molar-refractivity contribution < 1.29 is 73.9 Å². The van der Waals surface area contributed by atoms with Crippen LogP contribution in [0.25, 0.3) is 0 Å². The van der Waals surface area contributed by atoms with E-state index in [-0.39, 0.29) is 45.5 Å². The summed E-state index contributed by atoms with van der Waals surface area (Å²) in [6, 6.07) is 15.2. The Labute approximate surface area is 364 Å². The smallest absolute Gasteiger partial charge is 0.487 e. The Morgan fingerprint density at radius 2 is 0.489 bits per heavy atom. The van der Waals surface area contributed by atoms with Crippen molar-refractivity contribution in [3.8, 4) is 23.0 Å². The molecule has 45 heavy (non-hydrogen) atoms. The van der Waals surface area contributed by atoms with E-state index in [0.717, 1.165) is 23.0 Å². The van der Waals surface area contributed by atoms with Crippen LogP contribution in [0.1, 0.15) is 0 Å². The van der Waals surface area contributed by atoms with Crippen LogP contribution in [0.4, 0.5) is 0 Å². The van der Waals surface area contributed by atoms with Crippen LogP contribution < -0.4 is 45.5 Å². The number of hydrogen-bond acceptors (Lipinski definition) is 10. The molecule has 0 atom stereocenters. The minimum atomic E-state index is 0. The third kappa shape index (κ3) is 29.5. The maximum absolute atomic E-state index is 5.63. The molecule has 4 rings (SSSR count). The molecule has 2 aromatic rings. The SMILES string of the molecule is I[I-]I.I[I-]I.[Sr+2].c1ccc2c(c1)OCCOCCOCCOCCO2.c1ccc2c(c1)OCCOCCOCCOCCO2. The fraction of sp³-hybridized carbons (Fsp3) is 0.571. The number of halogens is 6. The summed E-state index contributed by atoms with van der Waals surface area (Å²) in [7, 11) is 0. The zero-order valence-corrected chi connectivity index (χ0v) is 41.4. The monoisotopic (exact) mass is 1390 g/mol. The van der Waals surface area contributed by atoms with Crippen molar-refractivity contribution in [2.24, 2.45) is 0 Å². The largest absolute Gasteiger partial charge is 2.00 e. The van der Waals surface area contributed by atoms with Crippen LogP contribution in [0.5, 0.6) is 23.0 Å². The Kier molecular flexibility index (Phi) is 41.3. The van der Waals surface area contributed by atoms with Gasteiger partial charge in [0.05, 0.1) is 79.3 Å². The second-order valence-electron chi connectivity index (χ2n) is 8.07. The normalized spacial score (nSPS) is 17.2. The van der Waals surface area contributed by atoms with E-state index in [1.54, 1.807) is 0 Å². The maximum Gasteiger partial charge on any atom is 2.00 e. The minimum Gasteiger partial charge on any atom is -0.487 e. The molecule has 256 valence electrons. The van der Waals surface area contributed by atoms with E-state index in [1.165, 1.54) is 0 Å². The first-order chi connectivity index (χ1) is 21.8. The summed E-state index contributed by atoms with van der Waals surface area (Å²) in [6.45, 7) is 8.73. The molecule has 0 aliphatic carbocycles. The van der Waals surface area contributed by atoms with E-state index < -0.39 is 0 Å². The first-order valence-electron chi connectivity index (χ1n) is 13.7. The summed E-state index contributed by atoms with van der Waals surface area (Å²) in [4.78, 5) is 0. The number of ether oxygens (including phenoxy) is 10. The van der Waals surface area contributed by atoms with Crippen LogP contribution in [-0.4, -0.2) is 151 Å². The molecule has 2 heterocycles. The number of para-hydroxylation sites is 4. The standard InChI is InChI=1S/2C14H20O5.2I3.Sr/c2*1-2-4-14-13(3-1)18-11-9-16-7-5-15-6-8-17-10-12-19-14;2*1-3-2;/h2*1-4H,5-12H2;;;/q;;2*-1;+2. The average Bonchev–Trinajstić information content (AvgIpc) is 3.05. The van der Waals surface area contributed by atoms with E-state index in [2.05, 4.69) is 74.5 Å². The van der Waals surface area contributed by atoms with Gasteiger partial charge in [0.2, 0.25) is 0 Å². The summed E-state index contributed by atoms with van der Waals surface area (Å²) >= 11 is 10.6. The summed E-state index contributed by atoms with van der Waals surface area (Å²) < 4.78 is 54.8. The molecule has 0 N–H and O–H groups in total. The van der Waals surface area contributed by atoms with Crippen molar-refractivity contribution in [3.63, 3.8) is 0 Å². The van der Waals surface area contributed by atoms with Gasteiger partial charge in [-0.1, -0.05) is 24.3 Å². The Bertz CT molecular complexity index is 775. The van der Waals surface area contributed by atoms with Crippen molar-refractivity contribution in [1.82, 2.24) is 0 Å². The minimum absolute atomic E-state index is 0. The van der Waals surface area contributed by atoms with E-state index in [9.17, 15) is 0 Å². The van der Waals surface area contributed by atoms with Crippen LogP contribution in [-0.2, 0) is 28.4 Å². The third-order valence-electron chi connectivity index (χ3n) is 5.13. The molecular formula is C28H40I6O10Sr. The van der Waals surface area contributed by atoms with Crippen LogP contribution in [0.3, 0.4) is 0 Å². The van der Waals surface area contributed by atoms with Gasteiger partial charge in [0.15, 0.2) is 23.0 Å². The van der Waals surface area contributed by atoms with Crippen LogP contribution in [0, 0.1) is 0 Å². The van der Waals surface area contributed by atoms with Crippen LogP contribution in [0.2, 0.25) is 0 Å². The van der Waals surface area contributed by atoms with Gasteiger partial charge in [-0.2, -0.15) is 0 Å². The summed E-state index contributed by atoms with van der Waals surface area (Å²) in [5.41, 5.74) is 0. The summed E-state index contributed by atoms with van der Waals surface area (Å²) in [6.07, 6.45) is 0. The molecule has 0 amide bonds. The zero-order chi connectivity index (χ0) is 31.8. The second kappa shape index (κ2) is 38.5. The molecule has 2 aromatic carbocycles. The Morgan fingerprint density at radius 1 is 0.333 bits per heavy atom. The summed E-state index contributed by atoms with van der Waals surface area (Å²) in [5, 5.41) is 0. The Hall–Kier alpha value is 3.26. The maximum atomic E-state index is 5.63. The van der Waals surface area contributed by atoms with E-state index in [0.29, 0.717) is 132 Å². The second-order valence-corrected chi connectivity index (χ2v) is 40.6. The fourth-order valence-electron chi connectivity index (χ4n) is 3.30. The van der Waals surface area contributed by atoms with Crippen LogP contribution in [0.15, 0.2) is 48.5 Å². The van der Waals surface area contributed by atoms with Crippen molar-refractivity contribution in [3.05, 3.63) is 48.5 Å². The quantitative estimate of drug-likeness (QED) is 0.269. The number of benzene rings is 2. The fourth-order valence-corrected chi connectivity index (χ4v) is 3.30. The van der Waals surface area contributed by atoms with Gasteiger partial charge in [-0.15, -0.1) is 0 Å². The third-order valence-corrected chi connectivity index (χ3v) is 5.13. The van der Waals surface area contributed by atoms with Gasteiger partial charge >= 0.3 is 146 Å². The first-order valence-corrected chi connectivity index (χ1v) is 38.8. The molecule has 0 unspecified atom stereocenters. The van der Waals surface area contributed by atoms with Crippen molar-refractivity contribution in [2.75, 3.05) is 106 Å². The van der Waals surface area contributed by atoms with E-state index >= 15 is 0 Å². The van der Waals surface area contributed by atoms with Gasteiger partial charge < -0.3 is 47.4 Å². The van der Waals surface area contributed by atoms with Gasteiger partial charge in [0, 0.05) is 0 Å².